The summed E-state index contributed by atoms with van der Waals surface area (Å²) in [6.45, 7) is 3.66. The lowest BCUT2D eigenvalue weighted by Crippen LogP contribution is -2.20. The van der Waals surface area contributed by atoms with Crippen LogP contribution < -0.4 is 0 Å². The standard InChI is InChI=1S/C17H22N4O6/c1-12(19-24-3)17(21-25-4)13(2)20-27-11-15-8-6-5-7-14(15)10-26-18-9-16(22)23/h5-9H,10-11H2,1-4H3,(H,22,23)/b18-9+,19-12-,20-13-,21-17+. The largest absolute Gasteiger partial charge is 0.477 e. The van der Waals surface area contributed by atoms with E-state index in [9.17, 15) is 4.79 Å². The Morgan fingerprint density at radius 2 is 1.52 bits per heavy atom. The van der Waals surface area contributed by atoms with Gasteiger partial charge < -0.3 is 24.5 Å². The molecule has 10 heteroatoms. The molecule has 0 radical (unpaired) electrons. The fourth-order valence-electron chi connectivity index (χ4n) is 1.94. The van der Waals surface area contributed by atoms with E-state index >= 15 is 0 Å². The Kier molecular flexibility index (Phi) is 9.61. The molecule has 0 amide bonds. The number of carboxylic acids is 1. The van der Waals surface area contributed by atoms with E-state index in [1.165, 1.54) is 14.2 Å². The lowest BCUT2D eigenvalue weighted by molar-refractivity contribution is -0.129. The van der Waals surface area contributed by atoms with Gasteiger partial charge in [-0.1, -0.05) is 44.9 Å². The lowest BCUT2D eigenvalue weighted by Gasteiger charge is -2.08. The van der Waals surface area contributed by atoms with Crippen LogP contribution >= 0.6 is 0 Å². The van der Waals surface area contributed by atoms with Gasteiger partial charge in [0.1, 0.15) is 38.9 Å². The van der Waals surface area contributed by atoms with Crippen molar-refractivity contribution in [3.8, 4) is 0 Å². The molecule has 0 heterocycles. The van der Waals surface area contributed by atoms with Crippen LogP contribution in [0.4, 0.5) is 0 Å². The number of hydrogen-bond donors (Lipinski definition) is 1. The molecular weight excluding hydrogens is 356 g/mol. The van der Waals surface area contributed by atoms with E-state index in [2.05, 4.69) is 20.6 Å². The fourth-order valence-corrected chi connectivity index (χ4v) is 1.94. The Hall–Kier alpha value is -3.43. The van der Waals surface area contributed by atoms with Crippen LogP contribution in [0.25, 0.3) is 0 Å². The summed E-state index contributed by atoms with van der Waals surface area (Å²) in [6.07, 6.45) is 0.674. The van der Waals surface area contributed by atoms with E-state index in [0.29, 0.717) is 23.3 Å². The predicted molar refractivity (Wildman–Crippen MR) is 99.8 cm³/mol. The lowest BCUT2D eigenvalue weighted by atomic mass is 10.1. The maximum absolute atomic E-state index is 10.4. The first kappa shape index (κ1) is 21.6. The summed E-state index contributed by atoms with van der Waals surface area (Å²) in [7, 11) is 2.84. The van der Waals surface area contributed by atoms with Gasteiger partial charge in [0.05, 0.1) is 0 Å². The number of aliphatic carboxylic acids is 1. The highest BCUT2D eigenvalue weighted by atomic mass is 16.6. The van der Waals surface area contributed by atoms with Crippen LogP contribution in [-0.2, 0) is 37.4 Å². The Morgan fingerprint density at radius 3 is 2.07 bits per heavy atom. The molecule has 0 saturated carbocycles. The third kappa shape index (κ3) is 7.99. The van der Waals surface area contributed by atoms with E-state index < -0.39 is 5.97 Å². The Morgan fingerprint density at radius 1 is 0.963 bits per heavy atom. The highest BCUT2D eigenvalue weighted by Gasteiger charge is 2.11. The summed E-state index contributed by atoms with van der Waals surface area (Å²) in [5.41, 5.74) is 2.92. The van der Waals surface area contributed by atoms with Gasteiger partial charge in [-0.2, -0.15) is 0 Å². The van der Waals surface area contributed by atoms with E-state index in [0.717, 1.165) is 11.1 Å². The van der Waals surface area contributed by atoms with Crippen molar-refractivity contribution in [3.63, 3.8) is 0 Å². The van der Waals surface area contributed by atoms with Gasteiger partial charge in [-0.05, 0) is 25.0 Å². The molecule has 0 aliphatic rings. The molecule has 0 unspecified atom stereocenters. The molecular formula is C17H22N4O6. The van der Waals surface area contributed by atoms with Gasteiger partial charge in [-0.3, -0.25) is 0 Å². The van der Waals surface area contributed by atoms with E-state index in [-0.39, 0.29) is 13.2 Å². The average Bonchev–Trinajstić information content (AvgIpc) is 2.64. The van der Waals surface area contributed by atoms with Gasteiger partial charge in [-0.15, -0.1) is 0 Å². The molecule has 1 aromatic carbocycles. The number of hydrogen-bond acceptors (Lipinski definition) is 9. The summed E-state index contributed by atoms with van der Waals surface area (Å²) in [5, 5.41) is 23.5. The molecule has 0 fully saturated rings. The smallest absolute Gasteiger partial charge is 0.350 e. The molecule has 1 N–H and O–H groups in total. The predicted octanol–water partition coefficient (Wildman–Crippen LogP) is 2.19. The number of rotatable bonds is 11. The maximum Gasteiger partial charge on any atom is 0.350 e. The minimum atomic E-state index is -1.18. The summed E-state index contributed by atoms with van der Waals surface area (Å²) >= 11 is 0. The quantitative estimate of drug-likeness (QED) is 0.465. The molecule has 0 aliphatic heterocycles. The van der Waals surface area contributed by atoms with E-state index in [1.807, 2.05) is 24.3 Å². The Labute approximate surface area is 156 Å². The Bertz CT molecular complexity index is 743. The zero-order chi connectivity index (χ0) is 20.1. The molecule has 27 heavy (non-hydrogen) atoms. The second-order valence-corrected chi connectivity index (χ2v) is 5.05. The molecule has 0 saturated heterocycles. The molecule has 10 nitrogen and oxygen atoms in total. The number of carboxylic acid groups (broad SMARTS) is 1. The first-order valence-electron chi connectivity index (χ1n) is 7.80. The van der Waals surface area contributed by atoms with Crippen molar-refractivity contribution in [3.05, 3.63) is 35.4 Å². The van der Waals surface area contributed by atoms with Gasteiger partial charge in [-0.25, -0.2) is 4.79 Å². The van der Waals surface area contributed by atoms with Crippen molar-refractivity contribution in [2.45, 2.75) is 27.1 Å². The van der Waals surface area contributed by atoms with Crippen molar-refractivity contribution in [1.29, 1.82) is 0 Å². The summed E-state index contributed by atoms with van der Waals surface area (Å²) < 4.78 is 0. The van der Waals surface area contributed by atoms with Gasteiger partial charge in [0.2, 0.25) is 0 Å². The van der Waals surface area contributed by atoms with Gasteiger partial charge in [0.15, 0.2) is 11.9 Å². The molecule has 1 aromatic rings. The molecule has 0 atom stereocenters. The average molecular weight is 378 g/mol. The van der Waals surface area contributed by atoms with Crippen LogP contribution in [0, 0.1) is 0 Å². The molecule has 0 aliphatic carbocycles. The number of carbonyl (C=O) groups is 1. The van der Waals surface area contributed by atoms with E-state index in [4.69, 9.17) is 24.5 Å². The number of oxime groups is 4. The van der Waals surface area contributed by atoms with Crippen LogP contribution in [0.3, 0.4) is 0 Å². The molecule has 0 bridgehead atoms. The van der Waals surface area contributed by atoms with Crippen molar-refractivity contribution < 1.29 is 29.3 Å². The van der Waals surface area contributed by atoms with E-state index in [1.54, 1.807) is 13.8 Å². The highest BCUT2D eigenvalue weighted by molar-refractivity contribution is 6.67. The van der Waals surface area contributed by atoms with Gasteiger partial charge in [0.25, 0.3) is 0 Å². The monoisotopic (exact) mass is 378 g/mol. The third-order valence-electron chi connectivity index (χ3n) is 3.09. The van der Waals surface area contributed by atoms with Gasteiger partial charge in [0, 0.05) is 0 Å². The van der Waals surface area contributed by atoms with Crippen molar-refractivity contribution in [2.75, 3.05) is 14.2 Å². The first-order chi connectivity index (χ1) is 13.0. The molecule has 1 rings (SSSR count). The number of benzene rings is 1. The zero-order valence-corrected chi connectivity index (χ0v) is 15.6. The van der Waals surface area contributed by atoms with Crippen LogP contribution in [-0.4, -0.2) is 48.6 Å². The van der Waals surface area contributed by atoms with Gasteiger partial charge >= 0.3 is 5.97 Å². The van der Waals surface area contributed by atoms with Crippen molar-refractivity contribution in [2.24, 2.45) is 20.6 Å². The second-order valence-electron chi connectivity index (χ2n) is 5.05. The SMILES string of the molecule is CO\N=C(C)/C(=N\OC)C(/C)=N\OCc1ccccc1CO/N=C/C(=O)O. The minimum Gasteiger partial charge on any atom is -0.477 e. The van der Waals surface area contributed by atoms with Crippen LogP contribution in [0.2, 0.25) is 0 Å². The first-order valence-corrected chi connectivity index (χ1v) is 7.80. The van der Waals surface area contributed by atoms with Crippen molar-refractivity contribution in [1.82, 2.24) is 0 Å². The fraction of sp³-hybridized carbons (Fsp3) is 0.353. The zero-order valence-electron chi connectivity index (χ0n) is 15.6. The van der Waals surface area contributed by atoms with Crippen LogP contribution in [0.5, 0.6) is 0 Å². The topological polar surface area (TPSA) is 124 Å². The molecule has 0 spiro atoms. The number of nitrogens with zero attached hydrogens (tertiary/aromatic N) is 4. The van der Waals surface area contributed by atoms with Crippen LogP contribution in [0.1, 0.15) is 25.0 Å². The molecule has 146 valence electrons. The maximum atomic E-state index is 10.4. The summed E-state index contributed by atoms with van der Waals surface area (Å²) in [5.74, 6) is -1.18. The highest BCUT2D eigenvalue weighted by Crippen LogP contribution is 2.12. The second kappa shape index (κ2) is 12.0. The van der Waals surface area contributed by atoms with Crippen molar-refractivity contribution >= 4 is 29.3 Å². The summed E-state index contributed by atoms with van der Waals surface area (Å²) in [4.78, 5) is 30.2. The van der Waals surface area contributed by atoms with Crippen LogP contribution in [0.15, 0.2) is 44.9 Å². The Balaban J connectivity index is 2.77. The minimum absolute atomic E-state index is 0.0992. The summed E-state index contributed by atoms with van der Waals surface area (Å²) in [6, 6.07) is 7.32. The third-order valence-corrected chi connectivity index (χ3v) is 3.09. The molecule has 0 aromatic heterocycles. The normalized spacial score (nSPS) is 12.8.